The lowest BCUT2D eigenvalue weighted by atomic mass is 9.98. The van der Waals surface area contributed by atoms with Crippen LogP contribution in [0.25, 0.3) is 0 Å². The quantitative estimate of drug-likeness (QED) is 0.721. The Morgan fingerprint density at radius 2 is 1.89 bits per heavy atom. The van der Waals surface area contributed by atoms with Crippen LogP contribution in [0, 0.1) is 6.92 Å². The van der Waals surface area contributed by atoms with Gasteiger partial charge in [-0.3, -0.25) is 0 Å². The van der Waals surface area contributed by atoms with Crippen molar-refractivity contribution in [2.45, 2.75) is 37.7 Å². The van der Waals surface area contributed by atoms with Gasteiger partial charge in [0.05, 0.1) is 0 Å². The van der Waals surface area contributed by atoms with Crippen LogP contribution in [0.5, 0.6) is 5.75 Å². The largest absolute Gasteiger partial charge is 0.492 e. The zero-order chi connectivity index (χ0) is 13.9. The maximum atomic E-state index is 12.3. The fraction of sp³-hybridized carbons (Fsp3) is 0.538. The molecule has 1 rings (SSSR count). The summed E-state index contributed by atoms with van der Waals surface area (Å²) in [6.07, 6.45) is -4.28. The Labute approximate surface area is 113 Å². The Morgan fingerprint density at radius 1 is 1.28 bits per heavy atom. The summed E-state index contributed by atoms with van der Waals surface area (Å²) in [7, 11) is 0. The molecular weight excluding hydrogens is 309 g/mol. The molecule has 102 valence electrons. The van der Waals surface area contributed by atoms with Crippen LogP contribution in [-0.4, -0.2) is 17.6 Å². The van der Waals surface area contributed by atoms with Crippen molar-refractivity contribution in [2.75, 3.05) is 6.61 Å². The molecule has 0 amide bonds. The molecule has 1 aromatic carbocycles. The predicted molar refractivity (Wildman–Crippen MR) is 69.5 cm³/mol. The van der Waals surface area contributed by atoms with Gasteiger partial charge in [-0.25, -0.2) is 0 Å². The Morgan fingerprint density at radius 3 is 2.33 bits per heavy atom. The molecule has 0 saturated carbocycles. The van der Waals surface area contributed by atoms with Crippen LogP contribution in [0.3, 0.4) is 0 Å². The third-order valence-corrected chi connectivity index (χ3v) is 3.40. The summed E-state index contributed by atoms with van der Waals surface area (Å²) in [6.45, 7) is 5.64. The predicted octanol–water partition coefficient (Wildman–Crippen LogP) is 4.82. The highest BCUT2D eigenvalue weighted by Gasteiger charge is 2.38. The molecule has 0 heterocycles. The number of benzene rings is 1. The first-order chi connectivity index (χ1) is 8.21. The van der Waals surface area contributed by atoms with Gasteiger partial charge in [-0.15, -0.1) is 0 Å². The highest BCUT2D eigenvalue weighted by atomic mass is 79.9. The highest BCUT2D eigenvalue weighted by molar-refractivity contribution is 9.09. The molecule has 1 aromatic rings. The van der Waals surface area contributed by atoms with E-state index in [1.807, 2.05) is 13.0 Å². The Bertz CT molecular complexity index is 402. The molecule has 0 radical (unpaired) electrons. The van der Waals surface area contributed by atoms with E-state index < -0.39 is 17.6 Å². The average molecular weight is 325 g/mol. The zero-order valence-corrected chi connectivity index (χ0v) is 12.1. The van der Waals surface area contributed by atoms with Crippen LogP contribution in [0.15, 0.2) is 18.2 Å². The first-order valence-corrected chi connectivity index (χ1v) is 6.57. The second-order valence-electron chi connectivity index (χ2n) is 4.49. The summed E-state index contributed by atoms with van der Waals surface area (Å²) in [4.78, 5) is -1.64. The smallest absolute Gasteiger partial charge is 0.404 e. The van der Waals surface area contributed by atoms with Crippen LogP contribution >= 0.6 is 15.9 Å². The van der Waals surface area contributed by atoms with Gasteiger partial charge in [-0.1, -0.05) is 35.8 Å². The van der Waals surface area contributed by atoms with E-state index in [2.05, 4.69) is 29.8 Å². The van der Waals surface area contributed by atoms with Gasteiger partial charge < -0.3 is 4.74 Å². The maximum absolute atomic E-state index is 12.3. The summed E-state index contributed by atoms with van der Waals surface area (Å²) in [5.41, 5.74) is 2.20. The standard InChI is InChI=1S/C13H16BrF3O/c1-8(2)11-5-4-10(6-9(11)3)18-7-12(14)13(15,16)17/h4-6,8,12H,7H2,1-3H3. The summed E-state index contributed by atoms with van der Waals surface area (Å²) in [6, 6.07) is 5.37. The van der Waals surface area contributed by atoms with Crippen molar-refractivity contribution in [1.82, 2.24) is 0 Å². The molecule has 1 nitrogen and oxygen atoms in total. The van der Waals surface area contributed by atoms with E-state index in [9.17, 15) is 13.2 Å². The van der Waals surface area contributed by atoms with Crippen LogP contribution < -0.4 is 4.74 Å². The van der Waals surface area contributed by atoms with E-state index in [4.69, 9.17) is 4.74 Å². The van der Waals surface area contributed by atoms with Gasteiger partial charge in [0.2, 0.25) is 0 Å². The molecule has 0 aliphatic heterocycles. The fourth-order valence-corrected chi connectivity index (χ4v) is 1.78. The minimum atomic E-state index is -4.28. The van der Waals surface area contributed by atoms with Gasteiger partial charge in [-0.05, 0) is 36.1 Å². The molecular formula is C13H16BrF3O. The topological polar surface area (TPSA) is 9.23 Å². The normalized spacial score (nSPS) is 13.8. The molecule has 5 heteroatoms. The second kappa shape index (κ2) is 5.95. The van der Waals surface area contributed by atoms with Crippen molar-refractivity contribution in [3.05, 3.63) is 29.3 Å². The molecule has 0 aliphatic rings. The molecule has 18 heavy (non-hydrogen) atoms. The van der Waals surface area contributed by atoms with Gasteiger partial charge in [0, 0.05) is 0 Å². The Kier molecular flexibility index (Phi) is 5.08. The number of hydrogen-bond acceptors (Lipinski definition) is 1. The van der Waals surface area contributed by atoms with E-state index in [0.717, 1.165) is 5.56 Å². The summed E-state index contributed by atoms with van der Waals surface area (Å²) in [5.74, 6) is 0.851. The lowest BCUT2D eigenvalue weighted by Crippen LogP contribution is -2.28. The number of rotatable bonds is 4. The van der Waals surface area contributed by atoms with Crippen LogP contribution in [-0.2, 0) is 0 Å². The number of ether oxygens (including phenoxy) is 1. The van der Waals surface area contributed by atoms with Crippen molar-refractivity contribution in [3.8, 4) is 5.75 Å². The van der Waals surface area contributed by atoms with Crippen LogP contribution in [0.1, 0.15) is 30.9 Å². The molecule has 0 saturated heterocycles. The fourth-order valence-electron chi connectivity index (χ4n) is 1.65. The van der Waals surface area contributed by atoms with Crippen molar-refractivity contribution in [3.63, 3.8) is 0 Å². The van der Waals surface area contributed by atoms with Crippen molar-refractivity contribution < 1.29 is 17.9 Å². The first-order valence-electron chi connectivity index (χ1n) is 5.66. The molecule has 0 spiro atoms. The SMILES string of the molecule is Cc1cc(OCC(Br)C(F)(F)F)ccc1C(C)C. The van der Waals surface area contributed by atoms with Crippen molar-refractivity contribution >= 4 is 15.9 Å². The Balaban J connectivity index is 2.67. The number of aryl methyl sites for hydroxylation is 1. The van der Waals surface area contributed by atoms with E-state index in [1.54, 1.807) is 12.1 Å². The summed E-state index contributed by atoms with van der Waals surface area (Å²) >= 11 is 2.56. The molecule has 1 atom stereocenters. The summed E-state index contributed by atoms with van der Waals surface area (Å²) < 4.78 is 42.0. The van der Waals surface area contributed by atoms with Gasteiger partial charge in [-0.2, -0.15) is 13.2 Å². The van der Waals surface area contributed by atoms with Gasteiger partial charge >= 0.3 is 6.18 Å². The number of hydrogen-bond donors (Lipinski definition) is 0. The van der Waals surface area contributed by atoms with Crippen molar-refractivity contribution in [2.24, 2.45) is 0 Å². The highest BCUT2D eigenvalue weighted by Crippen LogP contribution is 2.28. The molecule has 0 N–H and O–H groups in total. The van der Waals surface area contributed by atoms with Crippen molar-refractivity contribution in [1.29, 1.82) is 0 Å². The molecule has 1 unspecified atom stereocenters. The van der Waals surface area contributed by atoms with E-state index >= 15 is 0 Å². The lowest BCUT2D eigenvalue weighted by molar-refractivity contribution is -0.132. The lowest BCUT2D eigenvalue weighted by Gasteiger charge is -2.16. The maximum Gasteiger partial charge on any atom is 0.404 e. The van der Waals surface area contributed by atoms with Crippen LogP contribution in [0.2, 0.25) is 0 Å². The van der Waals surface area contributed by atoms with Crippen LogP contribution in [0.4, 0.5) is 13.2 Å². The van der Waals surface area contributed by atoms with Gasteiger partial charge in [0.25, 0.3) is 0 Å². The molecule has 0 aromatic heterocycles. The monoisotopic (exact) mass is 324 g/mol. The minimum Gasteiger partial charge on any atom is -0.492 e. The van der Waals surface area contributed by atoms with E-state index in [-0.39, 0.29) is 0 Å². The first kappa shape index (κ1) is 15.3. The molecule has 0 bridgehead atoms. The van der Waals surface area contributed by atoms with E-state index in [0.29, 0.717) is 11.7 Å². The average Bonchev–Trinajstić information content (AvgIpc) is 2.24. The molecule has 0 fully saturated rings. The van der Waals surface area contributed by atoms with Gasteiger partial charge in [0.1, 0.15) is 17.2 Å². The third-order valence-electron chi connectivity index (χ3n) is 2.61. The summed E-state index contributed by atoms with van der Waals surface area (Å²) in [5, 5.41) is 0. The second-order valence-corrected chi connectivity index (χ2v) is 5.60. The number of halogens is 4. The van der Waals surface area contributed by atoms with Gasteiger partial charge in [0.15, 0.2) is 0 Å². The minimum absolute atomic E-state index is 0.387. The Hall–Kier alpha value is -0.710. The zero-order valence-electron chi connectivity index (χ0n) is 10.5. The third kappa shape index (κ3) is 4.19. The van der Waals surface area contributed by atoms with E-state index in [1.165, 1.54) is 5.56 Å². The number of alkyl halides is 4. The molecule has 0 aliphatic carbocycles.